The van der Waals surface area contributed by atoms with Gasteiger partial charge < -0.3 is 10.5 Å². The highest BCUT2D eigenvalue weighted by Crippen LogP contribution is 2.25. The molecule has 0 aromatic heterocycles. The molecule has 0 saturated carbocycles. The van der Waals surface area contributed by atoms with Crippen molar-refractivity contribution >= 4 is 29.5 Å². The van der Waals surface area contributed by atoms with E-state index in [4.69, 9.17) is 28.9 Å². The second-order valence-electron chi connectivity index (χ2n) is 2.65. The summed E-state index contributed by atoms with van der Waals surface area (Å²) in [6.07, 6.45) is 0.805. The second-order valence-corrected chi connectivity index (χ2v) is 3.47. The first-order valence-corrected chi connectivity index (χ1v) is 4.55. The lowest BCUT2D eigenvalue weighted by Gasteiger charge is -2.07. The molecule has 0 unspecified atom stereocenters. The summed E-state index contributed by atoms with van der Waals surface area (Å²) >= 11 is 11.5. The fourth-order valence-corrected chi connectivity index (χ4v) is 1.32. The lowest BCUT2D eigenvalue weighted by molar-refractivity contribution is -0.108. The molecule has 0 fully saturated rings. The Bertz CT molecular complexity index is 314. The Morgan fingerprint density at radius 3 is 2.54 bits per heavy atom. The van der Waals surface area contributed by atoms with Crippen LogP contribution < -0.4 is 5.73 Å². The number of hydrogen-bond acceptors (Lipinski definition) is 2. The van der Waals surface area contributed by atoms with Gasteiger partial charge >= 0.3 is 0 Å². The fraction of sp³-hybridized carbons (Fsp3) is 0.222. The molecular weight excluding hydrogens is 209 g/mol. The smallest absolute Gasteiger partial charge is 0.128 e. The van der Waals surface area contributed by atoms with Gasteiger partial charge in [-0.3, -0.25) is 0 Å². The molecular formula is C9H9Cl2NO. The van der Waals surface area contributed by atoms with Crippen molar-refractivity contribution in [3.05, 3.63) is 33.8 Å². The van der Waals surface area contributed by atoms with Gasteiger partial charge in [0.1, 0.15) is 6.29 Å². The van der Waals surface area contributed by atoms with Crippen LogP contribution in [0.3, 0.4) is 0 Å². The van der Waals surface area contributed by atoms with Crippen LogP contribution in [-0.2, 0) is 4.79 Å². The Morgan fingerprint density at radius 1 is 1.38 bits per heavy atom. The molecule has 2 N–H and O–H groups in total. The maximum absolute atomic E-state index is 10.6. The molecule has 70 valence electrons. The average molecular weight is 218 g/mol. The molecule has 0 amide bonds. The summed E-state index contributed by atoms with van der Waals surface area (Å²) in [6, 6.07) is 5.07. The molecule has 13 heavy (non-hydrogen) atoms. The standard InChI is InChI=1S/C9H9Cl2NO/c10-8-2-1-6(3-9(8)11)7(4-12)5-13/h1-3,5,7H,4,12H2/t7-/m0/s1. The van der Waals surface area contributed by atoms with E-state index in [0.29, 0.717) is 10.0 Å². The average Bonchev–Trinajstić information content (AvgIpc) is 2.13. The topological polar surface area (TPSA) is 43.1 Å². The minimum Gasteiger partial charge on any atom is -0.329 e. The van der Waals surface area contributed by atoms with Gasteiger partial charge in [-0.15, -0.1) is 0 Å². The summed E-state index contributed by atoms with van der Waals surface area (Å²) < 4.78 is 0. The lowest BCUT2D eigenvalue weighted by Crippen LogP contribution is -2.13. The fourth-order valence-electron chi connectivity index (χ4n) is 1.01. The molecule has 2 nitrogen and oxygen atoms in total. The number of benzene rings is 1. The van der Waals surface area contributed by atoms with E-state index in [1.807, 2.05) is 0 Å². The summed E-state index contributed by atoms with van der Waals surface area (Å²) in [5.74, 6) is -0.297. The maximum Gasteiger partial charge on any atom is 0.128 e. The second kappa shape index (κ2) is 4.61. The van der Waals surface area contributed by atoms with E-state index in [1.54, 1.807) is 18.2 Å². The van der Waals surface area contributed by atoms with Crippen molar-refractivity contribution in [2.75, 3.05) is 6.54 Å². The quantitative estimate of drug-likeness (QED) is 0.790. The molecule has 1 rings (SSSR count). The van der Waals surface area contributed by atoms with E-state index in [2.05, 4.69) is 0 Å². The van der Waals surface area contributed by atoms with Gasteiger partial charge in [0, 0.05) is 6.54 Å². The van der Waals surface area contributed by atoms with E-state index in [9.17, 15) is 4.79 Å². The number of hydrogen-bond donors (Lipinski definition) is 1. The zero-order valence-corrected chi connectivity index (χ0v) is 8.35. The SMILES string of the molecule is NC[C@@H](C=O)c1ccc(Cl)c(Cl)c1. The molecule has 0 bridgehead atoms. The molecule has 0 heterocycles. The van der Waals surface area contributed by atoms with Gasteiger partial charge in [-0.1, -0.05) is 29.3 Å². The Hall–Kier alpha value is -0.570. The molecule has 0 aliphatic heterocycles. The molecule has 0 aliphatic rings. The monoisotopic (exact) mass is 217 g/mol. The van der Waals surface area contributed by atoms with Crippen molar-refractivity contribution in [3.63, 3.8) is 0 Å². The normalized spacial score (nSPS) is 12.5. The van der Waals surface area contributed by atoms with Crippen molar-refractivity contribution < 1.29 is 4.79 Å². The highest BCUT2D eigenvalue weighted by atomic mass is 35.5. The number of nitrogens with two attached hydrogens (primary N) is 1. The predicted molar refractivity (Wildman–Crippen MR) is 54.3 cm³/mol. The van der Waals surface area contributed by atoms with Gasteiger partial charge in [0.25, 0.3) is 0 Å². The summed E-state index contributed by atoms with van der Waals surface area (Å²) in [5.41, 5.74) is 6.19. The van der Waals surface area contributed by atoms with Crippen molar-refractivity contribution in [2.24, 2.45) is 5.73 Å². The number of carbonyl (C=O) groups excluding carboxylic acids is 1. The number of aldehydes is 1. The van der Waals surface area contributed by atoms with Gasteiger partial charge in [0.15, 0.2) is 0 Å². The first-order chi connectivity index (χ1) is 6.19. The molecule has 4 heteroatoms. The van der Waals surface area contributed by atoms with Crippen molar-refractivity contribution in [3.8, 4) is 0 Å². The molecule has 0 radical (unpaired) electrons. The van der Waals surface area contributed by atoms with Gasteiger partial charge in [0.2, 0.25) is 0 Å². The van der Waals surface area contributed by atoms with Crippen LogP contribution in [0, 0.1) is 0 Å². The Kier molecular flexibility index (Phi) is 3.72. The van der Waals surface area contributed by atoms with E-state index in [1.165, 1.54) is 0 Å². The number of halogens is 2. The third kappa shape index (κ3) is 2.44. The van der Waals surface area contributed by atoms with E-state index in [0.717, 1.165) is 11.8 Å². The molecule has 1 aromatic carbocycles. The van der Waals surface area contributed by atoms with Crippen LogP contribution in [0.2, 0.25) is 10.0 Å². The molecule has 0 aliphatic carbocycles. The highest BCUT2D eigenvalue weighted by molar-refractivity contribution is 6.42. The zero-order chi connectivity index (χ0) is 9.84. The first-order valence-electron chi connectivity index (χ1n) is 3.79. The zero-order valence-electron chi connectivity index (χ0n) is 6.84. The summed E-state index contributed by atoms with van der Waals surface area (Å²) in [5, 5.41) is 0.923. The molecule has 1 aromatic rings. The Morgan fingerprint density at radius 2 is 2.08 bits per heavy atom. The predicted octanol–water partition coefficient (Wildman–Crippen LogP) is 2.23. The Labute approximate surface area is 86.6 Å². The number of rotatable bonds is 3. The highest BCUT2D eigenvalue weighted by Gasteiger charge is 2.09. The van der Waals surface area contributed by atoms with Gasteiger partial charge in [-0.05, 0) is 17.7 Å². The minimum atomic E-state index is -0.297. The maximum atomic E-state index is 10.6. The lowest BCUT2D eigenvalue weighted by atomic mass is 10.0. The van der Waals surface area contributed by atoms with Crippen LogP contribution in [0.4, 0.5) is 0 Å². The number of carbonyl (C=O) groups is 1. The largest absolute Gasteiger partial charge is 0.329 e. The van der Waals surface area contributed by atoms with Crippen LogP contribution in [-0.4, -0.2) is 12.8 Å². The van der Waals surface area contributed by atoms with Crippen molar-refractivity contribution in [1.82, 2.24) is 0 Å². The van der Waals surface area contributed by atoms with E-state index >= 15 is 0 Å². The minimum absolute atomic E-state index is 0.279. The molecule has 0 saturated heterocycles. The van der Waals surface area contributed by atoms with Crippen LogP contribution in [0.15, 0.2) is 18.2 Å². The van der Waals surface area contributed by atoms with Crippen LogP contribution in [0.1, 0.15) is 11.5 Å². The van der Waals surface area contributed by atoms with Crippen molar-refractivity contribution in [1.29, 1.82) is 0 Å². The third-order valence-corrected chi connectivity index (χ3v) is 2.53. The first kappa shape index (κ1) is 10.5. The van der Waals surface area contributed by atoms with Crippen LogP contribution in [0.25, 0.3) is 0 Å². The summed E-state index contributed by atoms with van der Waals surface area (Å²) in [6.45, 7) is 0.279. The van der Waals surface area contributed by atoms with E-state index < -0.39 is 0 Å². The molecule has 0 spiro atoms. The van der Waals surface area contributed by atoms with Crippen LogP contribution >= 0.6 is 23.2 Å². The van der Waals surface area contributed by atoms with Gasteiger partial charge in [-0.25, -0.2) is 0 Å². The van der Waals surface area contributed by atoms with Gasteiger partial charge in [-0.2, -0.15) is 0 Å². The van der Waals surface area contributed by atoms with Crippen LogP contribution in [0.5, 0.6) is 0 Å². The Balaban J connectivity index is 3.01. The summed E-state index contributed by atoms with van der Waals surface area (Å²) in [4.78, 5) is 10.6. The molecule has 1 atom stereocenters. The van der Waals surface area contributed by atoms with Gasteiger partial charge in [0.05, 0.1) is 16.0 Å². The third-order valence-electron chi connectivity index (χ3n) is 1.79. The van der Waals surface area contributed by atoms with Crippen molar-refractivity contribution in [2.45, 2.75) is 5.92 Å². The summed E-state index contributed by atoms with van der Waals surface area (Å²) in [7, 11) is 0. The van der Waals surface area contributed by atoms with E-state index in [-0.39, 0.29) is 12.5 Å².